The van der Waals surface area contributed by atoms with Crippen LogP contribution in [0.5, 0.6) is 0 Å². The van der Waals surface area contributed by atoms with Crippen molar-refractivity contribution in [3.8, 4) is 0 Å². The number of amides is 1. The van der Waals surface area contributed by atoms with Crippen molar-refractivity contribution in [3.63, 3.8) is 0 Å². The van der Waals surface area contributed by atoms with E-state index < -0.39 is 10.2 Å². The molecule has 0 aromatic heterocycles. The maximum Gasteiger partial charge on any atom is 0.282 e. The highest BCUT2D eigenvalue weighted by Crippen LogP contribution is 2.14. The second-order valence-corrected chi connectivity index (χ2v) is 7.77. The van der Waals surface area contributed by atoms with Gasteiger partial charge in [0.05, 0.1) is 0 Å². The van der Waals surface area contributed by atoms with Crippen LogP contribution in [0.4, 0.5) is 0 Å². The standard InChI is InChI=1S/C13H27N5O3S/c1-14-4-3-13(19)16-7-11-18(12-8-16)22(20,21)17-9-5-15(2)6-10-17/h14H,3-12H2,1-2H3. The summed E-state index contributed by atoms with van der Waals surface area (Å²) >= 11 is 0. The van der Waals surface area contributed by atoms with Gasteiger partial charge < -0.3 is 15.1 Å². The van der Waals surface area contributed by atoms with Crippen LogP contribution >= 0.6 is 0 Å². The van der Waals surface area contributed by atoms with Crippen LogP contribution in [-0.4, -0.2) is 106 Å². The molecule has 0 bridgehead atoms. The molecule has 2 fully saturated rings. The molecule has 2 aliphatic rings. The van der Waals surface area contributed by atoms with E-state index in [9.17, 15) is 13.2 Å². The summed E-state index contributed by atoms with van der Waals surface area (Å²) in [7, 11) is 0.428. The van der Waals surface area contributed by atoms with Crippen LogP contribution in [0, 0.1) is 0 Å². The molecule has 0 spiro atoms. The van der Waals surface area contributed by atoms with Crippen LogP contribution in [0.2, 0.25) is 0 Å². The topological polar surface area (TPSA) is 76.2 Å². The zero-order valence-corrected chi connectivity index (χ0v) is 14.3. The number of carbonyl (C=O) groups excluding carboxylic acids is 1. The Kier molecular flexibility index (Phi) is 6.16. The highest BCUT2D eigenvalue weighted by atomic mass is 32.2. The fourth-order valence-corrected chi connectivity index (χ4v) is 4.32. The highest BCUT2D eigenvalue weighted by Gasteiger charge is 2.34. The van der Waals surface area contributed by atoms with E-state index in [1.165, 1.54) is 4.31 Å². The maximum atomic E-state index is 12.6. The molecule has 0 aliphatic carbocycles. The van der Waals surface area contributed by atoms with Gasteiger partial charge >= 0.3 is 0 Å². The summed E-state index contributed by atoms with van der Waals surface area (Å²) < 4.78 is 28.3. The molecule has 0 atom stereocenters. The molecular weight excluding hydrogens is 306 g/mol. The first kappa shape index (κ1) is 17.6. The lowest BCUT2D eigenvalue weighted by Crippen LogP contribution is -2.57. The third kappa shape index (κ3) is 4.17. The van der Waals surface area contributed by atoms with Crippen molar-refractivity contribution < 1.29 is 13.2 Å². The largest absolute Gasteiger partial charge is 0.340 e. The number of nitrogens with zero attached hydrogens (tertiary/aromatic N) is 4. The minimum Gasteiger partial charge on any atom is -0.340 e. The van der Waals surface area contributed by atoms with Gasteiger partial charge in [-0.1, -0.05) is 0 Å². The normalized spacial score (nSPS) is 22.9. The first-order chi connectivity index (χ1) is 10.4. The van der Waals surface area contributed by atoms with Crippen molar-refractivity contribution in [3.05, 3.63) is 0 Å². The quantitative estimate of drug-likeness (QED) is 0.645. The van der Waals surface area contributed by atoms with Gasteiger partial charge in [-0.15, -0.1) is 0 Å². The molecule has 9 heteroatoms. The summed E-state index contributed by atoms with van der Waals surface area (Å²) in [6.45, 7) is 5.01. The Bertz CT molecular complexity index is 468. The molecule has 1 N–H and O–H groups in total. The molecule has 8 nitrogen and oxygen atoms in total. The van der Waals surface area contributed by atoms with Crippen LogP contribution in [0.1, 0.15) is 6.42 Å². The van der Waals surface area contributed by atoms with Crippen molar-refractivity contribution in [2.45, 2.75) is 6.42 Å². The number of hydrogen-bond acceptors (Lipinski definition) is 5. The lowest BCUT2D eigenvalue weighted by molar-refractivity contribution is -0.132. The number of nitrogens with one attached hydrogen (secondary N) is 1. The third-order valence-electron chi connectivity index (χ3n) is 4.30. The Balaban J connectivity index is 1.86. The number of piperazine rings is 2. The Hall–Kier alpha value is -0.740. The molecule has 0 aromatic carbocycles. The predicted molar refractivity (Wildman–Crippen MR) is 84.7 cm³/mol. The lowest BCUT2D eigenvalue weighted by Gasteiger charge is -2.39. The molecular formula is C13H27N5O3S. The average Bonchev–Trinajstić information content (AvgIpc) is 2.53. The zero-order chi connectivity index (χ0) is 16.2. The van der Waals surface area contributed by atoms with E-state index in [0.717, 1.165) is 13.1 Å². The molecule has 2 heterocycles. The van der Waals surface area contributed by atoms with E-state index in [2.05, 4.69) is 10.2 Å². The second-order valence-electron chi connectivity index (χ2n) is 5.84. The van der Waals surface area contributed by atoms with Crippen LogP contribution in [-0.2, 0) is 15.0 Å². The predicted octanol–water partition coefficient (Wildman–Crippen LogP) is -1.77. The van der Waals surface area contributed by atoms with Crippen LogP contribution in [0.25, 0.3) is 0 Å². The van der Waals surface area contributed by atoms with Gasteiger partial charge in [-0.3, -0.25) is 4.79 Å². The SMILES string of the molecule is CNCCC(=O)N1CCN(S(=O)(=O)N2CCN(C)CC2)CC1. The van der Waals surface area contributed by atoms with Gasteiger partial charge in [-0.05, 0) is 14.1 Å². The monoisotopic (exact) mass is 333 g/mol. The average molecular weight is 333 g/mol. The number of carbonyl (C=O) groups is 1. The Morgan fingerprint density at radius 1 is 0.955 bits per heavy atom. The molecule has 22 heavy (non-hydrogen) atoms. The summed E-state index contributed by atoms with van der Waals surface area (Å²) in [4.78, 5) is 15.8. The van der Waals surface area contributed by atoms with E-state index in [1.807, 2.05) is 14.1 Å². The van der Waals surface area contributed by atoms with E-state index >= 15 is 0 Å². The van der Waals surface area contributed by atoms with Gasteiger partial charge in [0.2, 0.25) is 5.91 Å². The summed E-state index contributed by atoms with van der Waals surface area (Å²) in [5, 5.41) is 2.95. The first-order valence-corrected chi connectivity index (χ1v) is 9.21. The van der Waals surface area contributed by atoms with E-state index in [-0.39, 0.29) is 5.91 Å². The molecule has 0 unspecified atom stereocenters. The Morgan fingerprint density at radius 3 is 1.95 bits per heavy atom. The molecule has 2 rings (SSSR count). The van der Waals surface area contributed by atoms with Crippen molar-refractivity contribution in [1.29, 1.82) is 0 Å². The molecule has 128 valence electrons. The third-order valence-corrected chi connectivity index (χ3v) is 6.33. The van der Waals surface area contributed by atoms with Gasteiger partial charge in [0.15, 0.2) is 0 Å². The molecule has 1 amide bonds. The van der Waals surface area contributed by atoms with Gasteiger partial charge in [0.25, 0.3) is 10.2 Å². The van der Waals surface area contributed by atoms with E-state index in [1.54, 1.807) is 9.21 Å². The molecule has 2 aliphatic heterocycles. The lowest BCUT2D eigenvalue weighted by atomic mass is 10.3. The van der Waals surface area contributed by atoms with Gasteiger partial charge in [0.1, 0.15) is 0 Å². The fraction of sp³-hybridized carbons (Fsp3) is 0.923. The Labute approximate surface area is 133 Å². The van der Waals surface area contributed by atoms with Crippen molar-refractivity contribution in [2.24, 2.45) is 0 Å². The number of rotatable bonds is 5. The van der Waals surface area contributed by atoms with Gasteiger partial charge in [0, 0.05) is 65.3 Å². The van der Waals surface area contributed by atoms with E-state index in [4.69, 9.17) is 0 Å². The minimum atomic E-state index is -3.38. The molecule has 0 radical (unpaired) electrons. The molecule has 0 aromatic rings. The van der Waals surface area contributed by atoms with Crippen LogP contribution in [0.3, 0.4) is 0 Å². The molecule has 2 saturated heterocycles. The van der Waals surface area contributed by atoms with Crippen molar-refractivity contribution in [1.82, 2.24) is 23.7 Å². The summed E-state index contributed by atoms with van der Waals surface area (Å²) in [6.07, 6.45) is 0.460. The number of likely N-dealkylation sites (N-methyl/N-ethyl adjacent to an activating group) is 1. The van der Waals surface area contributed by atoms with Crippen LogP contribution < -0.4 is 5.32 Å². The summed E-state index contributed by atoms with van der Waals surface area (Å²) in [5.41, 5.74) is 0. The van der Waals surface area contributed by atoms with Crippen LogP contribution in [0.15, 0.2) is 0 Å². The maximum absolute atomic E-state index is 12.6. The summed E-state index contributed by atoms with van der Waals surface area (Å²) in [5.74, 6) is 0.0889. The van der Waals surface area contributed by atoms with E-state index in [0.29, 0.717) is 52.2 Å². The minimum absolute atomic E-state index is 0.0889. The highest BCUT2D eigenvalue weighted by molar-refractivity contribution is 7.86. The fourth-order valence-electron chi connectivity index (χ4n) is 2.74. The zero-order valence-electron chi connectivity index (χ0n) is 13.5. The van der Waals surface area contributed by atoms with Gasteiger partial charge in [-0.2, -0.15) is 17.0 Å². The van der Waals surface area contributed by atoms with Crippen molar-refractivity contribution >= 4 is 16.1 Å². The number of hydrogen-bond donors (Lipinski definition) is 1. The summed E-state index contributed by atoms with van der Waals surface area (Å²) in [6, 6.07) is 0. The Morgan fingerprint density at radius 2 is 1.45 bits per heavy atom. The smallest absolute Gasteiger partial charge is 0.282 e. The molecule has 0 saturated carbocycles. The van der Waals surface area contributed by atoms with Gasteiger partial charge in [-0.25, -0.2) is 0 Å². The second kappa shape index (κ2) is 7.69. The van der Waals surface area contributed by atoms with Crippen molar-refractivity contribution in [2.75, 3.05) is 73.0 Å². The first-order valence-electron chi connectivity index (χ1n) is 7.81.